The third kappa shape index (κ3) is 5.43. The molecule has 3 rings (SSSR count). The largest absolute Gasteiger partial charge is 0.434 e. The molecular weight excluding hydrogens is 389 g/mol. The van der Waals surface area contributed by atoms with Crippen molar-refractivity contribution in [3.8, 4) is 16.3 Å². The molecule has 1 N–H and O–H groups in total. The van der Waals surface area contributed by atoms with Gasteiger partial charge in [-0.05, 0) is 36.4 Å². The predicted octanol–water partition coefficient (Wildman–Crippen LogP) is 4.88. The molecule has 0 bridgehead atoms. The molecule has 1 aromatic heterocycles. The zero-order valence-corrected chi connectivity index (χ0v) is 15.3. The van der Waals surface area contributed by atoms with Gasteiger partial charge in [0.2, 0.25) is 5.91 Å². The second-order valence-electron chi connectivity index (χ2n) is 5.62. The van der Waals surface area contributed by atoms with Crippen molar-refractivity contribution >= 4 is 23.3 Å². The van der Waals surface area contributed by atoms with Crippen molar-refractivity contribution < 1.29 is 22.7 Å². The number of para-hydroxylation sites is 1. The van der Waals surface area contributed by atoms with Crippen LogP contribution in [-0.4, -0.2) is 17.5 Å². The van der Waals surface area contributed by atoms with E-state index in [1.165, 1.54) is 35.6 Å². The first-order valence-electron chi connectivity index (χ1n) is 8.21. The van der Waals surface area contributed by atoms with Crippen molar-refractivity contribution in [2.75, 3.05) is 0 Å². The second-order valence-corrected chi connectivity index (χ2v) is 6.48. The van der Waals surface area contributed by atoms with Gasteiger partial charge in [0.15, 0.2) is 0 Å². The number of hydrogen-bond acceptors (Lipinski definition) is 4. The van der Waals surface area contributed by atoms with E-state index in [4.69, 9.17) is 0 Å². The summed E-state index contributed by atoms with van der Waals surface area (Å²) >= 11 is 1.37. The first-order chi connectivity index (χ1) is 13.5. The van der Waals surface area contributed by atoms with E-state index in [1.54, 1.807) is 41.8 Å². The van der Waals surface area contributed by atoms with E-state index in [1.807, 2.05) is 0 Å². The zero-order chi connectivity index (χ0) is 19.9. The van der Waals surface area contributed by atoms with Crippen LogP contribution in [0.1, 0.15) is 11.3 Å². The van der Waals surface area contributed by atoms with Crippen LogP contribution in [0.5, 0.6) is 5.75 Å². The summed E-state index contributed by atoms with van der Waals surface area (Å²) in [6, 6.07) is 12.2. The molecule has 0 aliphatic carbocycles. The quantitative estimate of drug-likeness (QED) is 0.571. The molecule has 3 aromatic rings. The maximum Gasteiger partial charge on any atom is 0.387 e. The van der Waals surface area contributed by atoms with Gasteiger partial charge >= 0.3 is 6.61 Å². The number of ether oxygens (including phenoxy) is 1. The molecule has 0 radical (unpaired) electrons. The Balaban J connectivity index is 1.58. The van der Waals surface area contributed by atoms with Crippen molar-refractivity contribution in [3.05, 3.63) is 77.1 Å². The first-order valence-corrected chi connectivity index (χ1v) is 9.09. The smallest absolute Gasteiger partial charge is 0.387 e. The minimum absolute atomic E-state index is 0.0187. The summed E-state index contributed by atoms with van der Waals surface area (Å²) in [7, 11) is 0. The number of rotatable bonds is 7. The highest BCUT2D eigenvalue weighted by atomic mass is 32.1. The molecule has 0 unspecified atom stereocenters. The summed E-state index contributed by atoms with van der Waals surface area (Å²) in [5.74, 6) is -0.703. The maximum atomic E-state index is 13.0. The summed E-state index contributed by atoms with van der Waals surface area (Å²) in [6.07, 6.45) is 2.85. The van der Waals surface area contributed by atoms with E-state index in [2.05, 4.69) is 15.0 Å². The summed E-state index contributed by atoms with van der Waals surface area (Å²) in [4.78, 5) is 16.4. The van der Waals surface area contributed by atoms with Crippen LogP contribution in [0.2, 0.25) is 0 Å². The molecule has 0 aliphatic rings. The van der Waals surface area contributed by atoms with Gasteiger partial charge in [-0.3, -0.25) is 4.79 Å². The number of hydrogen-bond donors (Lipinski definition) is 1. The van der Waals surface area contributed by atoms with Crippen molar-refractivity contribution in [2.45, 2.75) is 13.2 Å². The van der Waals surface area contributed by atoms with Gasteiger partial charge in [0.05, 0.1) is 5.69 Å². The highest BCUT2D eigenvalue weighted by Gasteiger charge is 2.09. The average molecular weight is 404 g/mol. The van der Waals surface area contributed by atoms with Crippen LogP contribution in [-0.2, 0) is 11.3 Å². The van der Waals surface area contributed by atoms with E-state index in [0.29, 0.717) is 16.3 Å². The Labute approximate surface area is 163 Å². The number of amides is 1. The molecule has 144 valence electrons. The van der Waals surface area contributed by atoms with Gasteiger partial charge in [-0.2, -0.15) is 8.78 Å². The average Bonchev–Trinajstić information content (AvgIpc) is 3.15. The van der Waals surface area contributed by atoms with E-state index >= 15 is 0 Å². The fraction of sp³-hybridized carbons (Fsp3) is 0.100. The molecule has 0 aliphatic heterocycles. The molecule has 1 amide bonds. The van der Waals surface area contributed by atoms with E-state index in [0.717, 1.165) is 5.56 Å². The molecule has 4 nitrogen and oxygen atoms in total. The van der Waals surface area contributed by atoms with E-state index < -0.39 is 12.5 Å². The summed E-state index contributed by atoms with van der Waals surface area (Å²) in [5, 5.41) is 5.09. The lowest BCUT2D eigenvalue weighted by Crippen LogP contribution is -2.21. The Morgan fingerprint density at radius 3 is 2.68 bits per heavy atom. The van der Waals surface area contributed by atoms with Crippen LogP contribution >= 0.6 is 11.3 Å². The summed E-state index contributed by atoms with van der Waals surface area (Å²) in [5.41, 5.74) is 1.81. The zero-order valence-electron chi connectivity index (χ0n) is 14.4. The van der Waals surface area contributed by atoms with Gasteiger partial charge in [0.1, 0.15) is 16.6 Å². The number of carbonyl (C=O) groups is 1. The Hall–Kier alpha value is -3.13. The van der Waals surface area contributed by atoms with Crippen LogP contribution < -0.4 is 10.1 Å². The lowest BCUT2D eigenvalue weighted by atomic mass is 10.2. The molecular formula is C20H15F3N2O2S. The summed E-state index contributed by atoms with van der Waals surface area (Å²) < 4.78 is 42.2. The van der Waals surface area contributed by atoms with Crippen LogP contribution in [0.4, 0.5) is 13.2 Å². The van der Waals surface area contributed by atoms with Crippen LogP contribution in [0.25, 0.3) is 16.6 Å². The third-order valence-corrected chi connectivity index (χ3v) is 4.57. The molecule has 28 heavy (non-hydrogen) atoms. The Kier molecular flexibility index (Phi) is 6.44. The molecule has 0 fully saturated rings. The topological polar surface area (TPSA) is 51.2 Å². The molecule has 0 saturated carbocycles. The van der Waals surface area contributed by atoms with Crippen molar-refractivity contribution in [1.82, 2.24) is 10.3 Å². The van der Waals surface area contributed by atoms with Crippen LogP contribution in [0, 0.1) is 5.82 Å². The van der Waals surface area contributed by atoms with Gasteiger partial charge in [-0.15, -0.1) is 11.3 Å². The maximum absolute atomic E-state index is 13.0. The minimum Gasteiger partial charge on any atom is -0.434 e. The first kappa shape index (κ1) is 19.6. The number of alkyl halides is 2. The number of nitrogens with zero attached hydrogens (tertiary/aromatic N) is 1. The second kappa shape index (κ2) is 9.18. The molecule has 1 heterocycles. The number of nitrogens with one attached hydrogen (secondary N) is 1. The number of aromatic nitrogens is 1. The normalized spacial score (nSPS) is 11.1. The van der Waals surface area contributed by atoms with Gasteiger partial charge in [0, 0.05) is 29.1 Å². The highest BCUT2D eigenvalue weighted by molar-refractivity contribution is 7.13. The molecule has 0 spiro atoms. The molecule has 8 heteroatoms. The molecule has 2 aromatic carbocycles. The van der Waals surface area contributed by atoms with Crippen molar-refractivity contribution in [1.29, 1.82) is 0 Å². The summed E-state index contributed by atoms with van der Waals surface area (Å²) in [6.45, 7) is -2.89. The molecule has 0 atom stereocenters. The number of carbonyl (C=O) groups excluding carboxylic acids is 1. The Morgan fingerprint density at radius 2 is 1.93 bits per heavy atom. The third-order valence-electron chi connectivity index (χ3n) is 3.66. The van der Waals surface area contributed by atoms with Crippen LogP contribution in [0.3, 0.4) is 0 Å². The molecule has 0 saturated heterocycles. The van der Waals surface area contributed by atoms with E-state index in [9.17, 15) is 18.0 Å². The monoisotopic (exact) mass is 404 g/mol. The number of thiazole rings is 1. The fourth-order valence-corrected chi connectivity index (χ4v) is 3.14. The van der Waals surface area contributed by atoms with Gasteiger partial charge in [-0.1, -0.05) is 18.2 Å². The highest BCUT2D eigenvalue weighted by Crippen LogP contribution is 2.24. The lowest BCUT2D eigenvalue weighted by Gasteiger charge is -2.10. The van der Waals surface area contributed by atoms with Crippen molar-refractivity contribution in [3.63, 3.8) is 0 Å². The predicted molar refractivity (Wildman–Crippen MR) is 101 cm³/mol. The Bertz CT molecular complexity index is 972. The van der Waals surface area contributed by atoms with Gasteiger partial charge in [0.25, 0.3) is 0 Å². The number of halogens is 3. The minimum atomic E-state index is -2.93. The van der Waals surface area contributed by atoms with Crippen molar-refractivity contribution in [2.24, 2.45) is 0 Å². The van der Waals surface area contributed by atoms with Gasteiger partial charge in [-0.25, -0.2) is 9.37 Å². The Morgan fingerprint density at radius 1 is 1.18 bits per heavy atom. The fourth-order valence-electron chi connectivity index (χ4n) is 2.35. The van der Waals surface area contributed by atoms with Crippen LogP contribution in [0.15, 0.2) is 60.0 Å². The van der Waals surface area contributed by atoms with Gasteiger partial charge < -0.3 is 10.1 Å². The number of benzene rings is 2. The SMILES string of the molecule is O=C(/C=C/c1csc(-c2ccc(F)cc2)n1)NCc1ccccc1OC(F)F. The standard InChI is InChI=1S/C20H15F3N2O2S/c21-15-7-5-13(6-8-15)19-25-16(12-28-19)9-10-18(26)24-11-14-3-1-2-4-17(14)27-20(22)23/h1-10,12,20H,11H2,(H,24,26)/b10-9+. The lowest BCUT2D eigenvalue weighted by molar-refractivity contribution is -0.116. The van der Waals surface area contributed by atoms with E-state index in [-0.39, 0.29) is 18.1 Å².